The monoisotopic (exact) mass is 391 g/mol. The first-order valence-corrected chi connectivity index (χ1v) is 8.35. The number of para-hydroxylation sites is 2. The number of carbonyl (C=O) groups is 1. The summed E-state index contributed by atoms with van der Waals surface area (Å²) >= 11 is 3.40. The summed E-state index contributed by atoms with van der Waals surface area (Å²) in [5, 5.41) is 0. The molecule has 0 radical (unpaired) electrons. The molecule has 126 valence electrons. The average Bonchev–Trinajstić information content (AvgIpc) is 2.60. The minimum absolute atomic E-state index is 0.0826. The third-order valence-electron chi connectivity index (χ3n) is 3.79. The fourth-order valence-electron chi connectivity index (χ4n) is 2.56. The molecule has 1 aliphatic heterocycles. The van der Waals surface area contributed by atoms with Crippen LogP contribution in [-0.4, -0.2) is 44.2 Å². The molecule has 1 aliphatic rings. The number of carbonyl (C=O) groups excluding carboxylic acids is 1. The van der Waals surface area contributed by atoms with Gasteiger partial charge in [0.15, 0.2) is 17.6 Å². The molecule has 0 fully saturated rings. The van der Waals surface area contributed by atoms with Crippen LogP contribution >= 0.6 is 15.9 Å². The predicted octanol–water partition coefficient (Wildman–Crippen LogP) is 3.37. The number of amides is 1. The zero-order chi connectivity index (χ0) is 17.1. The van der Waals surface area contributed by atoms with E-state index in [1.165, 1.54) is 0 Å². The molecule has 2 aromatic carbocycles. The van der Waals surface area contributed by atoms with E-state index in [1.807, 2.05) is 24.3 Å². The number of nitrogens with zero attached hydrogens (tertiary/aromatic N) is 1. The van der Waals surface area contributed by atoms with Gasteiger partial charge in [-0.25, -0.2) is 0 Å². The first-order valence-electron chi connectivity index (χ1n) is 7.56. The lowest BCUT2D eigenvalue weighted by Gasteiger charge is -2.29. The molecule has 2 aromatic rings. The smallest absolute Gasteiger partial charge is 0.253 e. The second-order valence-corrected chi connectivity index (χ2v) is 6.39. The number of benzene rings is 2. The molecule has 0 N–H and O–H groups in total. The van der Waals surface area contributed by atoms with E-state index < -0.39 is 0 Å². The van der Waals surface area contributed by atoms with Gasteiger partial charge in [-0.3, -0.25) is 4.79 Å². The van der Waals surface area contributed by atoms with Crippen molar-refractivity contribution in [2.45, 2.75) is 6.10 Å². The van der Waals surface area contributed by atoms with Crippen molar-refractivity contribution in [2.75, 3.05) is 27.3 Å². The maximum Gasteiger partial charge on any atom is 0.253 e. The van der Waals surface area contributed by atoms with Crippen LogP contribution < -0.4 is 14.2 Å². The van der Waals surface area contributed by atoms with E-state index in [9.17, 15) is 4.79 Å². The highest BCUT2D eigenvalue weighted by atomic mass is 79.9. The Morgan fingerprint density at radius 1 is 1.29 bits per heavy atom. The number of methoxy groups -OCH3 is 1. The fraction of sp³-hybridized carbons (Fsp3) is 0.278. The Morgan fingerprint density at radius 3 is 2.75 bits per heavy atom. The van der Waals surface area contributed by atoms with Gasteiger partial charge >= 0.3 is 0 Å². The van der Waals surface area contributed by atoms with Gasteiger partial charge in [0.05, 0.1) is 18.1 Å². The Balaban J connectivity index is 1.66. The summed E-state index contributed by atoms with van der Waals surface area (Å²) in [5.74, 6) is 2.05. The van der Waals surface area contributed by atoms with Crippen LogP contribution in [0.2, 0.25) is 0 Å². The van der Waals surface area contributed by atoms with Crippen LogP contribution in [0.15, 0.2) is 46.9 Å². The number of likely N-dealkylation sites (N-methyl/N-ethyl adjacent to an activating group) is 1. The van der Waals surface area contributed by atoms with Gasteiger partial charge in [-0.1, -0.05) is 12.1 Å². The highest BCUT2D eigenvalue weighted by molar-refractivity contribution is 9.10. The maximum atomic E-state index is 12.6. The third-order valence-corrected chi connectivity index (χ3v) is 4.41. The normalized spacial score (nSPS) is 15.7. The minimum atomic E-state index is -0.199. The van der Waals surface area contributed by atoms with Gasteiger partial charge in [0.2, 0.25) is 0 Å². The highest BCUT2D eigenvalue weighted by Gasteiger charge is 2.24. The van der Waals surface area contributed by atoms with Crippen LogP contribution in [0, 0.1) is 0 Å². The van der Waals surface area contributed by atoms with Gasteiger partial charge in [-0.2, -0.15) is 0 Å². The minimum Gasteiger partial charge on any atom is -0.496 e. The molecule has 6 heteroatoms. The van der Waals surface area contributed by atoms with E-state index in [1.54, 1.807) is 37.3 Å². The summed E-state index contributed by atoms with van der Waals surface area (Å²) in [6, 6.07) is 12.8. The number of rotatable bonds is 4. The Kier molecular flexibility index (Phi) is 4.94. The van der Waals surface area contributed by atoms with Gasteiger partial charge in [0.1, 0.15) is 12.4 Å². The molecule has 1 unspecified atom stereocenters. The third kappa shape index (κ3) is 3.48. The van der Waals surface area contributed by atoms with Gasteiger partial charge in [-0.05, 0) is 46.3 Å². The molecule has 0 bridgehead atoms. The van der Waals surface area contributed by atoms with Crippen LogP contribution in [0.25, 0.3) is 0 Å². The number of halogens is 1. The SMILES string of the molecule is COc1ccc(C(=O)N(C)CC2COc3ccccc3O2)cc1Br. The lowest BCUT2D eigenvalue weighted by molar-refractivity contribution is 0.0521. The van der Waals surface area contributed by atoms with Gasteiger partial charge in [0, 0.05) is 12.6 Å². The Labute approximate surface area is 149 Å². The van der Waals surface area contributed by atoms with E-state index in [4.69, 9.17) is 14.2 Å². The molecule has 1 atom stereocenters. The van der Waals surface area contributed by atoms with Crippen LogP contribution in [-0.2, 0) is 0 Å². The van der Waals surface area contributed by atoms with Crippen molar-refractivity contribution >= 4 is 21.8 Å². The van der Waals surface area contributed by atoms with Crippen molar-refractivity contribution in [2.24, 2.45) is 0 Å². The van der Waals surface area contributed by atoms with Crippen molar-refractivity contribution in [1.29, 1.82) is 0 Å². The molecule has 0 saturated heterocycles. The lowest BCUT2D eigenvalue weighted by Crippen LogP contribution is -2.41. The molecule has 0 saturated carbocycles. The van der Waals surface area contributed by atoms with Crippen LogP contribution in [0.4, 0.5) is 0 Å². The van der Waals surface area contributed by atoms with Crippen molar-refractivity contribution < 1.29 is 19.0 Å². The van der Waals surface area contributed by atoms with Crippen LogP contribution in [0.1, 0.15) is 10.4 Å². The molecule has 0 aromatic heterocycles. The largest absolute Gasteiger partial charge is 0.496 e. The quantitative estimate of drug-likeness (QED) is 0.801. The van der Waals surface area contributed by atoms with Crippen molar-refractivity contribution in [1.82, 2.24) is 4.90 Å². The Hall–Kier alpha value is -2.21. The van der Waals surface area contributed by atoms with E-state index in [-0.39, 0.29) is 12.0 Å². The molecular weight excluding hydrogens is 374 g/mol. The van der Waals surface area contributed by atoms with Crippen LogP contribution in [0.5, 0.6) is 17.2 Å². The second-order valence-electron chi connectivity index (χ2n) is 5.53. The van der Waals surface area contributed by atoms with Crippen molar-refractivity contribution in [3.8, 4) is 17.2 Å². The van der Waals surface area contributed by atoms with Gasteiger partial charge < -0.3 is 19.1 Å². The zero-order valence-electron chi connectivity index (χ0n) is 13.5. The van der Waals surface area contributed by atoms with E-state index in [0.29, 0.717) is 30.2 Å². The summed E-state index contributed by atoms with van der Waals surface area (Å²) in [4.78, 5) is 14.2. The highest BCUT2D eigenvalue weighted by Crippen LogP contribution is 2.31. The number of ether oxygens (including phenoxy) is 3. The summed E-state index contributed by atoms with van der Waals surface area (Å²) < 4.78 is 17.5. The lowest BCUT2D eigenvalue weighted by atomic mass is 10.2. The molecule has 1 amide bonds. The van der Waals surface area contributed by atoms with Crippen LogP contribution in [0.3, 0.4) is 0 Å². The van der Waals surface area contributed by atoms with Gasteiger partial charge in [0.25, 0.3) is 5.91 Å². The number of hydrogen-bond donors (Lipinski definition) is 0. The zero-order valence-corrected chi connectivity index (χ0v) is 15.1. The van der Waals surface area contributed by atoms with Crippen molar-refractivity contribution in [3.63, 3.8) is 0 Å². The first kappa shape index (κ1) is 16.6. The molecular formula is C18H18BrNO4. The van der Waals surface area contributed by atoms with Crippen molar-refractivity contribution in [3.05, 3.63) is 52.5 Å². The molecule has 5 nitrogen and oxygen atoms in total. The first-order chi connectivity index (χ1) is 11.6. The average molecular weight is 392 g/mol. The molecule has 0 aliphatic carbocycles. The predicted molar refractivity (Wildman–Crippen MR) is 94.0 cm³/mol. The number of fused-ring (bicyclic) bond motifs is 1. The summed E-state index contributed by atoms with van der Waals surface area (Å²) in [6.07, 6.45) is -0.199. The molecule has 3 rings (SSSR count). The Bertz CT molecular complexity index is 750. The summed E-state index contributed by atoms with van der Waals surface area (Å²) in [5.41, 5.74) is 0.585. The molecule has 1 heterocycles. The molecule has 0 spiro atoms. The maximum absolute atomic E-state index is 12.6. The summed E-state index contributed by atoms with van der Waals surface area (Å²) in [7, 11) is 3.34. The standard InChI is InChI=1S/C18H18BrNO4/c1-20(18(21)12-7-8-15(22-2)14(19)9-12)10-13-11-23-16-5-3-4-6-17(16)24-13/h3-9,13H,10-11H2,1-2H3. The second kappa shape index (κ2) is 7.13. The van der Waals surface area contributed by atoms with Gasteiger partial charge in [-0.15, -0.1) is 0 Å². The summed E-state index contributed by atoms with van der Waals surface area (Å²) in [6.45, 7) is 0.859. The number of hydrogen-bond acceptors (Lipinski definition) is 4. The topological polar surface area (TPSA) is 48.0 Å². The molecule has 24 heavy (non-hydrogen) atoms. The fourth-order valence-corrected chi connectivity index (χ4v) is 3.10. The Morgan fingerprint density at radius 2 is 2.04 bits per heavy atom. The van der Waals surface area contributed by atoms with E-state index >= 15 is 0 Å². The van der Waals surface area contributed by atoms with E-state index in [0.717, 1.165) is 10.2 Å². The van der Waals surface area contributed by atoms with E-state index in [2.05, 4.69) is 15.9 Å².